The Morgan fingerprint density at radius 1 is 0.909 bits per heavy atom. The topological polar surface area (TPSA) is 61.8 Å². The predicted octanol–water partition coefficient (Wildman–Crippen LogP) is 3.71. The van der Waals surface area contributed by atoms with Gasteiger partial charge in [0, 0.05) is 0 Å². The average molecular weight is 321 g/mol. The Labute approximate surface area is 132 Å². The van der Waals surface area contributed by atoms with Crippen molar-refractivity contribution >= 4 is 23.5 Å². The van der Waals surface area contributed by atoms with Crippen molar-refractivity contribution in [3.63, 3.8) is 0 Å². The summed E-state index contributed by atoms with van der Waals surface area (Å²) >= 11 is 6.04. The van der Waals surface area contributed by atoms with Crippen molar-refractivity contribution in [2.24, 2.45) is 0 Å². The quantitative estimate of drug-likeness (QED) is 0.804. The van der Waals surface area contributed by atoms with E-state index in [1.165, 1.54) is 32.4 Å². The van der Waals surface area contributed by atoms with Crippen LogP contribution in [-0.2, 0) is 9.47 Å². The highest BCUT2D eigenvalue weighted by atomic mass is 35.5. The lowest BCUT2D eigenvalue weighted by Gasteiger charge is -2.12. The number of benzene rings is 2. The largest absolute Gasteiger partial charge is 0.465 e. The van der Waals surface area contributed by atoms with Crippen LogP contribution in [-0.4, -0.2) is 26.2 Å². The molecule has 0 aromatic heterocycles. The van der Waals surface area contributed by atoms with Gasteiger partial charge in [0.15, 0.2) is 0 Å². The summed E-state index contributed by atoms with van der Waals surface area (Å²) in [5.41, 5.74) is 0.423. The van der Waals surface area contributed by atoms with Crippen LogP contribution in [0.4, 0.5) is 0 Å². The fraction of sp³-hybridized carbons (Fsp3) is 0.125. The molecular weight excluding hydrogens is 308 g/mol. The van der Waals surface area contributed by atoms with Crippen LogP contribution in [0.2, 0.25) is 5.02 Å². The van der Waals surface area contributed by atoms with Crippen molar-refractivity contribution in [3.05, 3.63) is 58.6 Å². The molecule has 0 aliphatic rings. The minimum atomic E-state index is -0.585. The van der Waals surface area contributed by atoms with Gasteiger partial charge in [-0.15, -0.1) is 0 Å². The Morgan fingerprint density at radius 2 is 1.59 bits per heavy atom. The number of hydrogen-bond acceptors (Lipinski definition) is 5. The third-order valence-corrected chi connectivity index (χ3v) is 3.18. The molecule has 0 saturated heterocycles. The summed E-state index contributed by atoms with van der Waals surface area (Å²) in [6.07, 6.45) is 0. The first-order valence-electron chi connectivity index (χ1n) is 6.30. The summed E-state index contributed by atoms with van der Waals surface area (Å²) < 4.78 is 15.0. The van der Waals surface area contributed by atoms with Crippen LogP contribution in [0.3, 0.4) is 0 Å². The maximum absolute atomic E-state index is 11.8. The van der Waals surface area contributed by atoms with E-state index in [-0.39, 0.29) is 16.9 Å². The number of carbonyl (C=O) groups is 2. The Hall–Kier alpha value is -2.53. The summed E-state index contributed by atoms with van der Waals surface area (Å²) in [7, 11) is 2.53. The van der Waals surface area contributed by atoms with Gasteiger partial charge in [0.25, 0.3) is 0 Å². The van der Waals surface area contributed by atoms with E-state index in [9.17, 15) is 9.59 Å². The van der Waals surface area contributed by atoms with Crippen molar-refractivity contribution in [1.29, 1.82) is 0 Å². The van der Waals surface area contributed by atoms with Crippen LogP contribution in [0, 0.1) is 0 Å². The van der Waals surface area contributed by atoms with E-state index in [4.69, 9.17) is 21.1 Å². The van der Waals surface area contributed by atoms with Crippen LogP contribution in [0.5, 0.6) is 11.5 Å². The van der Waals surface area contributed by atoms with Gasteiger partial charge in [-0.25, -0.2) is 9.59 Å². The van der Waals surface area contributed by atoms with Crippen LogP contribution in [0.25, 0.3) is 0 Å². The van der Waals surface area contributed by atoms with E-state index in [0.29, 0.717) is 10.8 Å². The van der Waals surface area contributed by atoms with Crippen molar-refractivity contribution < 1.29 is 23.8 Å². The fourth-order valence-electron chi connectivity index (χ4n) is 1.78. The first kappa shape index (κ1) is 15.9. The number of esters is 2. The molecule has 0 radical (unpaired) electrons. The second kappa shape index (κ2) is 6.95. The van der Waals surface area contributed by atoms with Gasteiger partial charge < -0.3 is 14.2 Å². The van der Waals surface area contributed by atoms with Gasteiger partial charge in [0.2, 0.25) is 0 Å². The number of para-hydroxylation sites is 1. The van der Waals surface area contributed by atoms with Crippen molar-refractivity contribution in [2.45, 2.75) is 0 Å². The van der Waals surface area contributed by atoms with Gasteiger partial charge in [-0.1, -0.05) is 23.7 Å². The molecule has 0 aliphatic carbocycles. The smallest absolute Gasteiger partial charge is 0.341 e. The zero-order valence-electron chi connectivity index (χ0n) is 12.0. The molecule has 2 aromatic rings. The normalized spacial score (nSPS) is 9.95. The standard InChI is InChI=1S/C16H13ClO5/c1-20-15(18)10-7-8-11(16(19)21-2)14(9-10)22-13-6-4-3-5-12(13)17/h3-9H,1-2H3. The van der Waals surface area contributed by atoms with E-state index in [0.717, 1.165) is 0 Å². The molecule has 0 heterocycles. The van der Waals surface area contributed by atoms with Gasteiger partial charge >= 0.3 is 11.9 Å². The molecule has 0 unspecified atom stereocenters. The van der Waals surface area contributed by atoms with Crippen molar-refractivity contribution in [2.75, 3.05) is 14.2 Å². The van der Waals surface area contributed by atoms with Gasteiger partial charge in [-0.2, -0.15) is 0 Å². The number of rotatable bonds is 4. The molecule has 0 bridgehead atoms. The summed E-state index contributed by atoms with van der Waals surface area (Å²) in [5.74, 6) is -0.613. The molecule has 2 rings (SSSR count). The summed E-state index contributed by atoms with van der Waals surface area (Å²) in [6.45, 7) is 0. The number of ether oxygens (including phenoxy) is 3. The van der Waals surface area contributed by atoms with E-state index >= 15 is 0 Å². The molecule has 0 atom stereocenters. The summed E-state index contributed by atoms with van der Waals surface area (Å²) in [5, 5.41) is 0.377. The highest BCUT2D eigenvalue weighted by molar-refractivity contribution is 6.32. The highest BCUT2D eigenvalue weighted by Gasteiger charge is 2.18. The lowest BCUT2D eigenvalue weighted by Crippen LogP contribution is -2.07. The number of carbonyl (C=O) groups excluding carboxylic acids is 2. The van der Waals surface area contributed by atoms with Crippen molar-refractivity contribution in [1.82, 2.24) is 0 Å². The molecule has 114 valence electrons. The Bertz CT molecular complexity index is 711. The first-order valence-corrected chi connectivity index (χ1v) is 6.67. The zero-order chi connectivity index (χ0) is 16.1. The zero-order valence-corrected chi connectivity index (χ0v) is 12.7. The minimum absolute atomic E-state index is 0.155. The first-order chi connectivity index (χ1) is 10.6. The molecular formula is C16H13ClO5. The molecule has 0 fully saturated rings. The number of halogens is 1. The lowest BCUT2D eigenvalue weighted by atomic mass is 10.1. The van der Waals surface area contributed by atoms with E-state index in [1.54, 1.807) is 24.3 Å². The predicted molar refractivity (Wildman–Crippen MR) is 80.6 cm³/mol. The minimum Gasteiger partial charge on any atom is -0.465 e. The van der Waals surface area contributed by atoms with Gasteiger partial charge in [-0.05, 0) is 30.3 Å². The maximum atomic E-state index is 11.8. The summed E-state index contributed by atoms with van der Waals surface area (Å²) in [4.78, 5) is 23.4. The van der Waals surface area contributed by atoms with Crippen LogP contribution in [0.15, 0.2) is 42.5 Å². The second-order valence-electron chi connectivity index (χ2n) is 4.23. The monoisotopic (exact) mass is 320 g/mol. The van der Waals surface area contributed by atoms with E-state index < -0.39 is 11.9 Å². The second-order valence-corrected chi connectivity index (χ2v) is 4.63. The molecule has 22 heavy (non-hydrogen) atoms. The van der Waals surface area contributed by atoms with Crippen molar-refractivity contribution in [3.8, 4) is 11.5 Å². The molecule has 0 saturated carbocycles. The Morgan fingerprint density at radius 3 is 2.23 bits per heavy atom. The Kier molecular flexibility index (Phi) is 5.01. The van der Waals surface area contributed by atoms with Crippen LogP contribution < -0.4 is 4.74 Å². The van der Waals surface area contributed by atoms with E-state index in [2.05, 4.69) is 4.74 Å². The molecule has 0 N–H and O–H groups in total. The van der Waals surface area contributed by atoms with Gasteiger partial charge in [-0.3, -0.25) is 0 Å². The lowest BCUT2D eigenvalue weighted by molar-refractivity contribution is 0.0584. The average Bonchev–Trinajstić information content (AvgIpc) is 2.55. The molecule has 0 aliphatic heterocycles. The van der Waals surface area contributed by atoms with Crippen LogP contribution in [0.1, 0.15) is 20.7 Å². The molecule has 0 amide bonds. The molecule has 6 heteroatoms. The number of hydrogen-bond donors (Lipinski definition) is 0. The number of methoxy groups -OCH3 is 2. The summed E-state index contributed by atoms with van der Waals surface area (Å²) in [6, 6.07) is 11.1. The van der Waals surface area contributed by atoms with E-state index in [1.807, 2.05) is 0 Å². The molecule has 5 nitrogen and oxygen atoms in total. The highest BCUT2D eigenvalue weighted by Crippen LogP contribution is 2.32. The third kappa shape index (κ3) is 3.38. The molecule has 0 spiro atoms. The Balaban J connectivity index is 2.47. The third-order valence-electron chi connectivity index (χ3n) is 2.86. The fourth-order valence-corrected chi connectivity index (χ4v) is 1.95. The van der Waals surface area contributed by atoms with Crippen LogP contribution >= 0.6 is 11.6 Å². The van der Waals surface area contributed by atoms with Gasteiger partial charge in [0.1, 0.15) is 17.1 Å². The maximum Gasteiger partial charge on any atom is 0.341 e. The van der Waals surface area contributed by atoms with Gasteiger partial charge in [0.05, 0.1) is 24.8 Å². The molecule has 2 aromatic carbocycles. The SMILES string of the molecule is COC(=O)c1ccc(C(=O)OC)c(Oc2ccccc2Cl)c1.